The summed E-state index contributed by atoms with van der Waals surface area (Å²) >= 11 is 0. The number of fused-ring (bicyclic) bond motifs is 6. The lowest BCUT2D eigenvalue weighted by Gasteiger charge is -2.36. The molecule has 1 aliphatic carbocycles. The number of aryl methyl sites for hydroxylation is 1. The average Bonchev–Trinajstić information content (AvgIpc) is 4.02. The topological polar surface area (TPSA) is 34.3 Å². The number of nitrogens with zero attached hydrogens (tertiary/aromatic N) is 2. The third-order valence-electron chi connectivity index (χ3n) is 14.8. The molecule has 0 saturated heterocycles. The van der Waals surface area contributed by atoms with Crippen molar-refractivity contribution in [3.8, 4) is 44.5 Å². The Kier molecular flexibility index (Phi) is 11.0. The van der Waals surface area contributed by atoms with Gasteiger partial charge < -0.3 is 20.1 Å². The van der Waals surface area contributed by atoms with Gasteiger partial charge in [-0.2, -0.15) is 0 Å². The molecule has 13 rings (SSSR count). The lowest BCUT2D eigenvalue weighted by Crippen LogP contribution is -2.18. The zero-order chi connectivity index (χ0) is 48.8. The lowest BCUT2D eigenvalue weighted by atomic mass is 9.90. The first-order chi connectivity index (χ1) is 36.1. The van der Waals surface area contributed by atoms with Gasteiger partial charge in [-0.05, 0) is 119 Å². The van der Waals surface area contributed by atoms with Crippen LogP contribution in [0.25, 0.3) is 66.3 Å². The molecule has 1 aromatic heterocycles. The van der Waals surface area contributed by atoms with E-state index in [2.05, 4.69) is 289 Å². The van der Waals surface area contributed by atoms with Gasteiger partial charge in [0.15, 0.2) is 0 Å². The summed E-state index contributed by atoms with van der Waals surface area (Å²) in [4.78, 5) is 8.87. The van der Waals surface area contributed by atoms with Gasteiger partial charge in [0.2, 0.25) is 0 Å². The molecule has 0 radical (unpaired) electrons. The highest BCUT2D eigenvalue weighted by atomic mass is 15.2. The first-order valence-corrected chi connectivity index (χ1v) is 25.2. The van der Waals surface area contributed by atoms with Crippen LogP contribution >= 0.6 is 0 Å². The molecule has 4 nitrogen and oxygen atoms in total. The largest absolute Gasteiger partial charge is 0.354 e. The molecule has 0 bridgehead atoms. The lowest BCUT2D eigenvalue weighted by molar-refractivity contribution is 1.21. The van der Waals surface area contributed by atoms with Crippen LogP contribution in [0, 0.1) is 13.8 Å². The molecule has 0 fully saturated rings. The molecule has 0 saturated carbocycles. The summed E-state index contributed by atoms with van der Waals surface area (Å²) in [6.45, 7) is 4.53. The Morgan fingerprint density at radius 2 is 0.918 bits per heavy atom. The normalized spacial score (nSPS) is 11.6. The van der Waals surface area contributed by atoms with Gasteiger partial charge in [0, 0.05) is 56.5 Å². The molecule has 0 aliphatic heterocycles. The standard InChI is InChI=1S/C69H52N4/c1-46-44-59-53-33-16-15-28-50(53)45-60(59)67(47(46)2)71-68-55(49-26-9-4-10-27-49)36-23-41-65(68)73(64-40-22-21-39-63(64)72(51-29-11-5-12-30-51)52-31-13-6-14-32-52)62-38-20-18-35-58(62)66-54(48-24-7-3-8-25-48)42-43-57-56-34-17-19-37-61(56)70-69(57)66/h3-44,70-71H,45H2,1-2H3. The fourth-order valence-electron chi connectivity index (χ4n) is 11.3. The van der Waals surface area contributed by atoms with Crippen LogP contribution in [-0.2, 0) is 6.42 Å². The van der Waals surface area contributed by atoms with Crippen molar-refractivity contribution in [2.24, 2.45) is 0 Å². The fourth-order valence-corrected chi connectivity index (χ4v) is 11.3. The van der Waals surface area contributed by atoms with Crippen LogP contribution in [0.4, 0.5) is 45.5 Å². The van der Waals surface area contributed by atoms with Crippen molar-refractivity contribution in [3.05, 3.63) is 277 Å². The van der Waals surface area contributed by atoms with Gasteiger partial charge in [-0.3, -0.25) is 0 Å². The van der Waals surface area contributed by atoms with Gasteiger partial charge >= 0.3 is 0 Å². The molecular weight excluding hydrogens is 885 g/mol. The summed E-state index contributed by atoms with van der Waals surface area (Å²) < 4.78 is 0. The molecule has 348 valence electrons. The molecule has 4 heteroatoms. The van der Waals surface area contributed by atoms with Crippen LogP contribution in [0.2, 0.25) is 0 Å². The van der Waals surface area contributed by atoms with Crippen molar-refractivity contribution < 1.29 is 0 Å². The summed E-state index contributed by atoms with van der Waals surface area (Å²) in [7, 11) is 0. The first kappa shape index (κ1) is 43.6. The number of aromatic amines is 1. The molecule has 73 heavy (non-hydrogen) atoms. The number of nitrogens with one attached hydrogen (secondary N) is 2. The van der Waals surface area contributed by atoms with E-state index in [1.165, 1.54) is 44.2 Å². The molecule has 0 unspecified atom stereocenters. The van der Waals surface area contributed by atoms with Crippen LogP contribution in [0.1, 0.15) is 22.3 Å². The van der Waals surface area contributed by atoms with Gasteiger partial charge in [0.05, 0.1) is 34.0 Å². The summed E-state index contributed by atoms with van der Waals surface area (Å²) in [5.41, 5.74) is 25.1. The minimum Gasteiger partial charge on any atom is -0.354 e. The Hall–Kier alpha value is -9.38. The summed E-state index contributed by atoms with van der Waals surface area (Å²) in [5, 5.41) is 6.68. The highest BCUT2D eigenvalue weighted by molar-refractivity contribution is 6.16. The Morgan fingerprint density at radius 3 is 1.62 bits per heavy atom. The van der Waals surface area contributed by atoms with Crippen LogP contribution in [-0.4, -0.2) is 4.98 Å². The van der Waals surface area contributed by atoms with Crippen molar-refractivity contribution in [2.45, 2.75) is 20.3 Å². The first-order valence-electron chi connectivity index (χ1n) is 25.2. The van der Waals surface area contributed by atoms with Crippen LogP contribution in [0.3, 0.4) is 0 Å². The van der Waals surface area contributed by atoms with Crippen LogP contribution in [0.5, 0.6) is 0 Å². The number of hydrogen-bond donors (Lipinski definition) is 2. The van der Waals surface area contributed by atoms with Gasteiger partial charge in [-0.1, -0.05) is 200 Å². The molecule has 12 aromatic rings. The van der Waals surface area contributed by atoms with Gasteiger partial charge in [0.1, 0.15) is 0 Å². The van der Waals surface area contributed by atoms with Crippen molar-refractivity contribution in [1.82, 2.24) is 4.98 Å². The highest BCUT2D eigenvalue weighted by Gasteiger charge is 2.30. The molecule has 0 amide bonds. The van der Waals surface area contributed by atoms with E-state index in [1.807, 2.05) is 0 Å². The van der Waals surface area contributed by atoms with E-state index in [0.29, 0.717) is 0 Å². The minimum atomic E-state index is 0.854. The van der Waals surface area contributed by atoms with E-state index in [-0.39, 0.29) is 0 Å². The number of rotatable bonds is 11. The molecule has 1 aliphatic rings. The van der Waals surface area contributed by atoms with Gasteiger partial charge in [-0.15, -0.1) is 0 Å². The minimum absolute atomic E-state index is 0.854. The van der Waals surface area contributed by atoms with E-state index in [9.17, 15) is 0 Å². The molecule has 0 atom stereocenters. The fraction of sp³-hybridized carbons (Fsp3) is 0.0435. The van der Waals surface area contributed by atoms with Crippen molar-refractivity contribution >= 4 is 67.3 Å². The summed E-state index contributed by atoms with van der Waals surface area (Å²) in [6, 6.07) is 92.4. The van der Waals surface area contributed by atoms with Crippen molar-refractivity contribution in [3.63, 3.8) is 0 Å². The summed E-state index contributed by atoms with van der Waals surface area (Å²) in [6.07, 6.45) is 0.854. The smallest absolute Gasteiger partial charge is 0.0709 e. The zero-order valence-electron chi connectivity index (χ0n) is 40.9. The maximum atomic E-state index is 4.30. The average molecular weight is 937 g/mol. The number of para-hydroxylation sites is 7. The van der Waals surface area contributed by atoms with E-state index in [0.717, 1.165) is 96.3 Å². The predicted molar refractivity (Wildman–Crippen MR) is 309 cm³/mol. The van der Waals surface area contributed by atoms with E-state index in [1.54, 1.807) is 0 Å². The molecule has 11 aromatic carbocycles. The molecule has 2 N–H and O–H groups in total. The number of aromatic nitrogens is 1. The number of anilines is 8. The predicted octanol–water partition coefficient (Wildman–Crippen LogP) is 19.2. The third kappa shape index (κ3) is 7.63. The second-order valence-corrected chi connectivity index (χ2v) is 19.0. The Balaban J connectivity index is 1.14. The van der Waals surface area contributed by atoms with E-state index in [4.69, 9.17) is 0 Å². The van der Waals surface area contributed by atoms with Crippen LogP contribution < -0.4 is 15.1 Å². The third-order valence-corrected chi connectivity index (χ3v) is 14.8. The Morgan fingerprint density at radius 1 is 0.384 bits per heavy atom. The molecule has 0 spiro atoms. The maximum absolute atomic E-state index is 4.30. The van der Waals surface area contributed by atoms with Crippen LogP contribution in [0.15, 0.2) is 255 Å². The zero-order valence-corrected chi connectivity index (χ0v) is 40.9. The number of H-pyrrole nitrogens is 1. The monoisotopic (exact) mass is 936 g/mol. The second-order valence-electron chi connectivity index (χ2n) is 19.0. The van der Waals surface area contributed by atoms with Crippen molar-refractivity contribution in [2.75, 3.05) is 15.1 Å². The van der Waals surface area contributed by atoms with Gasteiger partial charge in [-0.25, -0.2) is 0 Å². The van der Waals surface area contributed by atoms with Gasteiger partial charge in [0.25, 0.3) is 0 Å². The number of benzene rings is 11. The SMILES string of the molecule is Cc1cc2c(c(Nc3c(-c4ccccc4)cccc3N(c3ccccc3-c3c(-c4ccccc4)ccc4c3[nH]c3ccccc34)c3ccccc3N(c3ccccc3)c3ccccc3)c1C)Cc1ccccc1-2. The Bertz CT molecular complexity index is 3950. The van der Waals surface area contributed by atoms with Crippen molar-refractivity contribution in [1.29, 1.82) is 0 Å². The quantitative estimate of drug-likeness (QED) is 0.136. The Labute approximate surface area is 427 Å². The number of hydrogen-bond acceptors (Lipinski definition) is 3. The molecular formula is C69H52N4. The van der Waals surface area contributed by atoms with E-state index < -0.39 is 0 Å². The maximum Gasteiger partial charge on any atom is 0.0709 e. The van der Waals surface area contributed by atoms with E-state index >= 15 is 0 Å². The highest BCUT2D eigenvalue weighted by Crippen LogP contribution is 2.54. The second kappa shape index (κ2) is 18.4. The molecule has 1 heterocycles. The summed E-state index contributed by atoms with van der Waals surface area (Å²) in [5.74, 6) is 0.